The molecule has 0 aliphatic carbocycles. The van der Waals surface area contributed by atoms with Crippen molar-refractivity contribution in [2.75, 3.05) is 40.4 Å². The van der Waals surface area contributed by atoms with Gasteiger partial charge in [0.15, 0.2) is 0 Å². The van der Waals surface area contributed by atoms with Crippen LogP contribution in [0.15, 0.2) is 16.3 Å². The fraction of sp³-hybridized carbons (Fsp3) is 0.714. The lowest BCUT2D eigenvalue weighted by Crippen LogP contribution is -2.45. The summed E-state index contributed by atoms with van der Waals surface area (Å²) in [4.78, 5) is 3.04. The van der Waals surface area contributed by atoms with E-state index in [1.54, 1.807) is 10.4 Å². The summed E-state index contributed by atoms with van der Waals surface area (Å²) in [5.41, 5.74) is 0. The summed E-state index contributed by atoms with van der Waals surface area (Å²) in [6.07, 6.45) is 1.55. The minimum absolute atomic E-state index is 0.0473. The van der Waals surface area contributed by atoms with Crippen LogP contribution in [0, 0.1) is 6.92 Å². The van der Waals surface area contributed by atoms with Crippen molar-refractivity contribution in [3.05, 3.63) is 17.0 Å². The molecular formula is C14H24N2O3S2. The highest BCUT2D eigenvalue weighted by molar-refractivity contribution is 7.91. The van der Waals surface area contributed by atoms with Crippen molar-refractivity contribution in [2.45, 2.75) is 30.0 Å². The Morgan fingerprint density at radius 1 is 1.24 bits per heavy atom. The van der Waals surface area contributed by atoms with Gasteiger partial charge < -0.3 is 9.64 Å². The third-order valence-corrected chi connectivity index (χ3v) is 7.06. The van der Waals surface area contributed by atoms with Crippen LogP contribution < -0.4 is 0 Å². The second kappa shape index (κ2) is 7.19. The molecule has 0 spiro atoms. The van der Waals surface area contributed by atoms with Crippen molar-refractivity contribution >= 4 is 21.4 Å². The predicted molar refractivity (Wildman–Crippen MR) is 85.3 cm³/mol. The van der Waals surface area contributed by atoms with Gasteiger partial charge in [0.25, 0.3) is 10.0 Å². The van der Waals surface area contributed by atoms with Crippen molar-refractivity contribution in [1.82, 2.24) is 9.21 Å². The summed E-state index contributed by atoms with van der Waals surface area (Å²) in [5.74, 6) is 0. The molecule has 0 amide bonds. The second-order valence-corrected chi connectivity index (χ2v) is 9.03. The molecule has 0 unspecified atom stereocenters. The molecule has 21 heavy (non-hydrogen) atoms. The topological polar surface area (TPSA) is 49.9 Å². The summed E-state index contributed by atoms with van der Waals surface area (Å²) in [5, 5.41) is 0. The van der Waals surface area contributed by atoms with Crippen LogP contribution in [0.1, 0.15) is 17.7 Å². The number of rotatable bonds is 6. The van der Waals surface area contributed by atoms with E-state index in [0.717, 1.165) is 24.3 Å². The second-order valence-electron chi connectivity index (χ2n) is 5.63. The molecule has 0 N–H and O–H groups in total. The lowest BCUT2D eigenvalue weighted by atomic mass is 10.1. The van der Waals surface area contributed by atoms with Gasteiger partial charge in [0.2, 0.25) is 0 Å². The van der Waals surface area contributed by atoms with E-state index in [9.17, 15) is 8.42 Å². The van der Waals surface area contributed by atoms with E-state index in [2.05, 4.69) is 0 Å². The first kappa shape index (κ1) is 16.9. The number of likely N-dealkylation sites (N-methyl/N-ethyl adjacent to an activating group) is 1. The largest absolute Gasteiger partial charge is 0.381 e. The van der Waals surface area contributed by atoms with Gasteiger partial charge in [-0.3, -0.25) is 0 Å². The minimum atomic E-state index is -3.41. The summed E-state index contributed by atoms with van der Waals surface area (Å²) in [7, 11) is 0.519. The van der Waals surface area contributed by atoms with Gasteiger partial charge >= 0.3 is 0 Å². The first-order chi connectivity index (χ1) is 9.91. The van der Waals surface area contributed by atoms with E-state index >= 15 is 0 Å². The molecule has 0 aromatic carbocycles. The lowest BCUT2D eigenvalue weighted by Gasteiger charge is -2.33. The Morgan fingerprint density at radius 2 is 1.90 bits per heavy atom. The molecule has 0 radical (unpaired) electrons. The monoisotopic (exact) mass is 332 g/mol. The standard InChI is InChI=1S/C14H24N2O3S2/c1-12-4-5-14(20-12)21(17,18)16(9-8-15(2)3)13-6-10-19-11-7-13/h4-5,13H,6-11H2,1-3H3. The zero-order valence-corrected chi connectivity index (χ0v) is 14.5. The smallest absolute Gasteiger partial charge is 0.252 e. The minimum Gasteiger partial charge on any atom is -0.381 e. The molecule has 120 valence electrons. The van der Waals surface area contributed by atoms with Crippen LogP contribution >= 0.6 is 11.3 Å². The van der Waals surface area contributed by atoms with Crippen molar-refractivity contribution in [1.29, 1.82) is 0 Å². The van der Waals surface area contributed by atoms with Gasteiger partial charge in [0, 0.05) is 37.2 Å². The van der Waals surface area contributed by atoms with Crippen LogP contribution in [0.5, 0.6) is 0 Å². The average molecular weight is 332 g/mol. The van der Waals surface area contributed by atoms with Crippen LogP contribution in [0.3, 0.4) is 0 Å². The lowest BCUT2D eigenvalue weighted by molar-refractivity contribution is 0.0573. The molecule has 0 atom stereocenters. The fourth-order valence-electron chi connectivity index (χ4n) is 2.44. The fourth-order valence-corrected chi connectivity index (χ4v) is 5.53. The molecule has 1 aromatic rings. The van der Waals surface area contributed by atoms with Gasteiger partial charge in [0.05, 0.1) is 0 Å². The van der Waals surface area contributed by atoms with Crippen molar-refractivity contribution in [2.24, 2.45) is 0 Å². The highest BCUT2D eigenvalue weighted by Crippen LogP contribution is 2.28. The van der Waals surface area contributed by atoms with Crippen LogP contribution in [0.2, 0.25) is 0 Å². The zero-order valence-electron chi connectivity index (χ0n) is 12.9. The third kappa shape index (κ3) is 4.26. The van der Waals surface area contributed by atoms with E-state index in [1.807, 2.05) is 32.0 Å². The Hall–Kier alpha value is -0.470. The Morgan fingerprint density at radius 3 is 2.43 bits per heavy atom. The summed E-state index contributed by atoms with van der Waals surface area (Å²) < 4.78 is 33.4. The van der Waals surface area contributed by atoms with Gasteiger partial charge in [-0.1, -0.05) is 0 Å². The maximum Gasteiger partial charge on any atom is 0.252 e. The summed E-state index contributed by atoms with van der Waals surface area (Å²) >= 11 is 1.35. The molecule has 2 rings (SSSR count). The Labute approximate surface area is 131 Å². The third-order valence-electron chi connectivity index (χ3n) is 3.64. The van der Waals surface area contributed by atoms with Gasteiger partial charge in [-0.05, 0) is 46.0 Å². The van der Waals surface area contributed by atoms with E-state index in [0.29, 0.717) is 24.0 Å². The molecule has 2 heterocycles. The first-order valence-corrected chi connectivity index (χ1v) is 9.47. The molecule has 1 fully saturated rings. The number of thiophene rings is 1. The molecule has 1 aliphatic rings. The molecular weight excluding hydrogens is 308 g/mol. The average Bonchev–Trinajstić information content (AvgIpc) is 2.87. The van der Waals surface area contributed by atoms with Crippen LogP contribution in [0.25, 0.3) is 0 Å². The molecule has 5 nitrogen and oxygen atoms in total. The van der Waals surface area contributed by atoms with Crippen molar-refractivity contribution in [3.63, 3.8) is 0 Å². The van der Waals surface area contributed by atoms with Crippen molar-refractivity contribution in [3.8, 4) is 0 Å². The van der Waals surface area contributed by atoms with Crippen molar-refractivity contribution < 1.29 is 13.2 Å². The van der Waals surface area contributed by atoms with Crippen LogP contribution in [-0.4, -0.2) is 64.1 Å². The summed E-state index contributed by atoms with van der Waals surface area (Å²) in [6, 6.07) is 3.63. The van der Waals surface area contributed by atoms with Gasteiger partial charge in [0.1, 0.15) is 4.21 Å². The number of sulfonamides is 1. The quantitative estimate of drug-likeness (QED) is 0.797. The molecule has 0 bridgehead atoms. The molecule has 1 aromatic heterocycles. The maximum atomic E-state index is 12.9. The van der Waals surface area contributed by atoms with Gasteiger partial charge in [-0.25, -0.2) is 8.42 Å². The van der Waals surface area contributed by atoms with E-state index in [1.165, 1.54) is 11.3 Å². The molecule has 1 aliphatic heterocycles. The SMILES string of the molecule is Cc1ccc(S(=O)(=O)N(CCN(C)C)C2CCOCC2)s1. The van der Waals surface area contributed by atoms with Gasteiger partial charge in [-0.15, -0.1) is 11.3 Å². The van der Waals surface area contributed by atoms with E-state index in [4.69, 9.17) is 4.74 Å². The summed E-state index contributed by atoms with van der Waals surface area (Å²) in [6.45, 7) is 4.46. The number of hydrogen-bond donors (Lipinski definition) is 0. The van der Waals surface area contributed by atoms with E-state index in [-0.39, 0.29) is 6.04 Å². The normalized spacial score (nSPS) is 17.8. The Kier molecular flexibility index (Phi) is 5.79. The molecule has 7 heteroatoms. The Balaban J connectivity index is 2.24. The number of hydrogen-bond acceptors (Lipinski definition) is 5. The highest BCUT2D eigenvalue weighted by atomic mass is 32.2. The van der Waals surface area contributed by atoms with Crippen LogP contribution in [0.4, 0.5) is 0 Å². The molecule has 1 saturated heterocycles. The molecule has 0 saturated carbocycles. The first-order valence-electron chi connectivity index (χ1n) is 7.22. The zero-order chi connectivity index (χ0) is 15.5. The highest BCUT2D eigenvalue weighted by Gasteiger charge is 2.33. The van der Waals surface area contributed by atoms with E-state index < -0.39 is 10.0 Å². The number of ether oxygens (including phenoxy) is 1. The van der Waals surface area contributed by atoms with Crippen LogP contribution in [-0.2, 0) is 14.8 Å². The number of nitrogens with zero attached hydrogens (tertiary/aromatic N) is 2. The predicted octanol–water partition coefficient (Wildman–Crippen LogP) is 1.79. The van der Waals surface area contributed by atoms with Gasteiger partial charge in [-0.2, -0.15) is 4.31 Å². The maximum absolute atomic E-state index is 12.9. The Bertz CT molecular complexity index is 548. The number of aryl methyl sites for hydroxylation is 1.